The molecule has 1 atom stereocenters. The normalized spacial score (nSPS) is 12.4. The van der Waals surface area contributed by atoms with Crippen molar-refractivity contribution >= 4 is 5.97 Å². The Hall–Kier alpha value is -1.42. The van der Waals surface area contributed by atoms with E-state index in [0.29, 0.717) is 12.8 Å². The molecule has 0 aromatic heterocycles. The first-order chi connectivity index (χ1) is 7.08. The van der Waals surface area contributed by atoms with Crippen molar-refractivity contribution in [2.75, 3.05) is 0 Å². The van der Waals surface area contributed by atoms with Crippen LogP contribution in [0.15, 0.2) is 24.3 Å². The van der Waals surface area contributed by atoms with E-state index >= 15 is 0 Å². The van der Waals surface area contributed by atoms with Gasteiger partial charge in [-0.15, -0.1) is 0 Å². The van der Waals surface area contributed by atoms with E-state index in [1.165, 1.54) is 12.1 Å². The zero-order chi connectivity index (χ0) is 11.3. The Morgan fingerprint density at radius 3 is 2.87 bits per heavy atom. The smallest absolute Gasteiger partial charge is 0.303 e. The van der Waals surface area contributed by atoms with Crippen molar-refractivity contribution < 1.29 is 14.3 Å². The summed E-state index contributed by atoms with van der Waals surface area (Å²) in [4.78, 5) is 10.3. The average Bonchev–Trinajstić information content (AvgIpc) is 2.15. The van der Waals surface area contributed by atoms with Crippen LogP contribution < -0.4 is 5.73 Å². The van der Waals surface area contributed by atoms with Crippen molar-refractivity contribution in [3.05, 3.63) is 35.6 Å². The predicted molar refractivity (Wildman–Crippen MR) is 54.9 cm³/mol. The van der Waals surface area contributed by atoms with Gasteiger partial charge in [-0.05, 0) is 30.5 Å². The lowest BCUT2D eigenvalue weighted by Gasteiger charge is -2.09. The van der Waals surface area contributed by atoms with Crippen LogP contribution in [0.1, 0.15) is 18.4 Å². The fourth-order valence-electron chi connectivity index (χ4n) is 1.38. The van der Waals surface area contributed by atoms with E-state index in [1.54, 1.807) is 12.1 Å². The number of aliphatic carboxylic acids is 1. The highest BCUT2D eigenvalue weighted by Gasteiger charge is 2.07. The zero-order valence-corrected chi connectivity index (χ0v) is 8.32. The minimum atomic E-state index is -0.857. The Balaban J connectivity index is 2.44. The van der Waals surface area contributed by atoms with E-state index in [0.717, 1.165) is 5.56 Å². The molecule has 3 nitrogen and oxygen atoms in total. The van der Waals surface area contributed by atoms with Gasteiger partial charge in [0.15, 0.2) is 0 Å². The van der Waals surface area contributed by atoms with Crippen molar-refractivity contribution in [2.45, 2.75) is 25.3 Å². The van der Waals surface area contributed by atoms with Crippen molar-refractivity contribution in [3.63, 3.8) is 0 Å². The second kappa shape index (κ2) is 5.46. The van der Waals surface area contributed by atoms with Crippen molar-refractivity contribution in [1.82, 2.24) is 0 Å². The Bertz CT molecular complexity index is 341. The molecule has 0 saturated carbocycles. The monoisotopic (exact) mass is 211 g/mol. The topological polar surface area (TPSA) is 63.3 Å². The maximum atomic E-state index is 12.8. The van der Waals surface area contributed by atoms with Gasteiger partial charge >= 0.3 is 5.97 Å². The number of hydrogen-bond donors (Lipinski definition) is 2. The number of carboxylic acids is 1. The van der Waals surface area contributed by atoms with Crippen LogP contribution in [0.5, 0.6) is 0 Å². The van der Waals surface area contributed by atoms with Gasteiger partial charge in [0, 0.05) is 12.5 Å². The minimum Gasteiger partial charge on any atom is -0.481 e. The van der Waals surface area contributed by atoms with Crippen molar-refractivity contribution in [2.24, 2.45) is 5.73 Å². The highest BCUT2D eigenvalue weighted by atomic mass is 19.1. The molecule has 0 amide bonds. The molecule has 0 radical (unpaired) electrons. The summed E-state index contributed by atoms with van der Waals surface area (Å²) in [5.74, 6) is -1.15. The molecule has 0 unspecified atom stereocenters. The number of halogens is 1. The lowest BCUT2D eigenvalue weighted by molar-refractivity contribution is -0.137. The summed E-state index contributed by atoms with van der Waals surface area (Å²) in [6, 6.07) is 5.95. The Kier molecular flexibility index (Phi) is 4.24. The molecule has 0 spiro atoms. The molecule has 0 heterocycles. The lowest BCUT2D eigenvalue weighted by Crippen LogP contribution is -2.23. The van der Waals surface area contributed by atoms with Crippen LogP contribution in [0, 0.1) is 5.82 Å². The van der Waals surface area contributed by atoms with Gasteiger partial charge in [-0.1, -0.05) is 12.1 Å². The largest absolute Gasteiger partial charge is 0.481 e. The Labute approximate surface area is 87.7 Å². The van der Waals surface area contributed by atoms with Crippen LogP contribution in [0.3, 0.4) is 0 Å². The van der Waals surface area contributed by atoms with Gasteiger partial charge in [-0.3, -0.25) is 4.79 Å². The van der Waals surface area contributed by atoms with Crippen molar-refractivity contribution in [3.8, 4) is 0 Å². The molecule has 0 saturated heterocycles. The van der Waals surface area contributed by atoms with Crippen LogP contribution in [-0.4, -0.2) is 17.1 Å². The SMILES string of the molecule is N[C@H](CCC(=O)O)Cc1cccc(F)c1. The maximum absolute atomic E-state index is 12.8. The Morgan fingerprint density at radius 2 is 2.27 bits per heavy atom. The van der Waals surface area contributed by atoms with Gasteiger partial charge in [-0.25, -0.2) is 4.39 Å². The van der Waals surface area contributed by atoms with E-state index in [4.69, 9.17) is 10.8 Å². The van der Waals surface area contributed by atoms with E-state index in [1.807, 2.05) is 0 Å². The lowest BCUT2D eigenvalue weighted by atomic mass is 10.0. The van der Waals surface area contributed by atoms with Crippen LogP contribution >= 0.6 is 0 Å². The molecule has 0 aliphatic carbocycles. The number of benzene rings is 1. The third kappa shape index (κ3) is 4.56. The van der Waals surface area contributed by atoms with E-state index < -0.39 is 5.97 Å². The molecule has 3 N–H and O–H groups in total. The van der Waals surface area contributed by atoms with Gasteiger partial charge in [-0.2, -0.15) is 0 Å². The van der Waals surface area contributed by atoms with Gasteiger partial charge in [0.1, 0.15) is 5.82 Å². The second-order valence-electron chi connectivity index (χ2n) is 3.53. The summed E-state index contributed by atoms with van der Waals surface area (Å²) in [5.41, 5.74) is 6.52. The second-order valence-corrected chi connectivity index (χ2v) is 3.53. The fraction of sp³-hybridized carbons (Fsp3) is 0.364. The van der Waals surface area contributed by atoms with Gasteiger partial charge < -0.3 is 10.8 Å². The van der Waals surface area contributed by atoms with Gasteiger partial charge in [0.25, 0.3) is 0 Å². The summed E-state index contributed by atoms with van der Waals surface area (Å²) in [7, 11) is 0. The molecule has 15 heavy (non-hydrogen) atoms. The van der Waals surface area contributed by atoms with Crippen LogP contribution in [-0.2, 0) is 11.2 Å². The standard InChI is InChI=1S/C11H14FNO2/c12-9-3-1-2-8(6-9)7-10(13)4-5-11(14)15/h1-3,6,10H,4-5,7,13H2,(H,14,15)/t10-/m1/s1. The molecule has 0 aliphatic heterocycles. The number of carboxylic acid groups (broad SMARTS) is 1. The number of hydrogen-bond acceptors (Lipinski definition) is 2. The third-order valence-electron chi connectivity index (χ3n) is 2.12. The molecule has 0 aliphatic rings. The molecule has 1 rings (SSSR count). The average molecular weight is 211 g/mol. The molecule has 1 aromatic carbocycles. The Morgan fingerprint density at radius 1 is 1.53 bits per heavy atom. The van der Waals surface area contributed by atoms with Crippen LogP contribution in [0.4, 0.5) is 4.39 Å². The van der Waals surface area contributed by atoms with Gasteiger partial charge in [0.05, 0.1) is 0 Å². The molecule has 0 fully saturated rings. The molecule has 1 aromatic rings. The van der Waals surface area contributed by atoms with E-state index in [2.05, 4.69) is 0 Å². The molecular formula is C11H14FNO2. The number of carbonyl (C=O) groups is 1. The molecule has 0 bridgehead atoms. The van der Waals surface area contributed by atoms with Gasteiger partial charge in [0.2, 0.25) is 0 Å². The van der Waals surface area contributed by atoms with Crippen LogP contribution in [0.2, 0.25) is 0 Å². The first kappa shape index (κ1) is 11.7. The van der Waals surface area contributed by atoms with E-state index in [9.17, 15) is 9.18 Å². The van der Waals surface area contributed by atoms with Crippen molar-refractivity contribution in [1.29, 1.82) is 0 Å². The van der Waals surface area contributed by atoms with E-state index in [-0.39, 0.29) is 18.3 Å². The first-order valence-corrected chi connectivity index (χ1v) is 4.80. The quantitative estimate of drug-likeness (QED) is 0.776. The highest BCUT2D eigenvalue weighted by Crippen LogP contribution is 2.08. The fourth-order valence-corrected chi connectivity index (χ4v) is 1.38. The zero-order valence-electron chi connectivity index (χ0n) is 8.32. The summed E-state index contributed by atoms with van der Waals surface area (Å²) in [5, 5.41) is 8.46. The number of nitrogens with two attached hydrogens (primary N) is 1. The minimum absolute atomic E-state index is 0.0521. The molecular weight excluding hydrogens is 197 g/mol. The summed E-state index contributed by atoms with van der Waals surface area (Å²) >= 11 is 0. The predicted octanol–water partition coefficient (Wildman–Crippen LogP) is 1.56. The summed E-state index contributed by atoms with van der Waals surface area (Å²) in [6.45, 7) is 0. The summed E-state index contributed by atoms with van der Waals surface area (Å²) < 4.78 is 12.8. The molecule has 82 valence electrons. The summed E-state index contributed by atoms with van der Waals surface area (Å²) in [6.07, 6.45) is 0.966. The third-order valence-corrected chi connectivity index (χ3v) is 2.12. The first-order valence-electron chi connectivity index (χ1n) is 4.80. The van der Waals surface area contributed by atoms with Crippen LogP contribution in [0.25, 0.3) is 0 Å². The molecule has 4 heteroatoms. The maximum Gasteiger partial charge on any atom is 0.303 e. The number of rotatable bonds is 5. The highest BCUT2D eigenvalue weighted by molar-refractivity contribution is 5.66.